The van der Waals surface area contributed by atoms with E-state index < -0.39 is 36.8 Å². The Hall–Kier alpha value is -3.22. The van der Waals surface area contributed by atoms with Crippen LogP contribution < -0.4 is 10.6 Å². The molecule has 4 rings (SSSR count). The number of nitrogens with zero attached hydrogens (tertiary/aromatic N) is 2. The van der Waals surface area contributed by atoms with Crippen LogP contribution in [-0.4, -0.2) is 67.2 Å². The van der Waals surface area contributed by atoms with E-state index >= 15 is 0 Å². The number of fused-ring (bicyclic) bond motifs is 2. The van der Waals surface area contributed by atoms with Gasteiger partial charge in [0.25, 0.3) is 11.8 Å². The van der Waals surface area contributed by atoms with Gasteiger partial charge in [-0.05, 0) is 75.5 Å². The average Bonchev–Trinajstić information content (AvgIpc) is 2.90. The number of pyridine rings is 2. The fraction of sp³-hybridized carbons (Fsp3) is 0.0833. The van der Waals surface area contributed by atoms with E-state index in [1.165, 1.54) is 0 Å². The van der Waals surface area contributed by atoms with Crippen molar-refractivity contribution in [3.63, 3.8) is 0 Å². The van der Waals surface area contributed by atoms with Crippen molar-refractivity contribution in [2.45, 2.75) is 0 Å². The van der Waals surface area contributed by atoms with Gasteiger partial charge in [0.2, 0.25) is 0 Å². The van der Waals surface area contributed by atoms with Crippen molar-refractivity contribution >= 4 is 114 Å². The van der Waals surface area contributed by atoms with Crippen molar-refractivity contribution in [3.05, 3.63) is 65.2 Å². The lowest BCUT2D eigenvalue weighted by Crippen LogP contribution is -2.30. The number of nitrogens with one attached hydrogen (secondary N) is 2. The summed E-state index contributed by atoms with van der Waals surface area (Å²) in [6, 6.07) is 10.2. The molecule has 2 amide bonds. The zero-order chi connectivity index (χ0) is 29.7. The van der Waals surface area contributed by atoms with Gasteiger partial charge >= 0.3 is 11.9 Å². The molecule has 0 saturated heterocycles. The molecule has 6 N–H and O–H groups in total. The molecule has 0 aliphatic rings. The minimum absolute atomic E-state index is 0.0645. The number of carboxylic acid groups (broad SMARTS) is 2. The van der Waals surface area contributed by atoms with E-state index in [1.807, 2.05) is 0 Å². The molecule has 0 atom stereocenters. The smallest absolute Gasteiger partial charge is 0.322 e. The Morgan fingerprint density at radius 3 is 1.55 bits per heavy atom. The number of benzene rings is 2. The maximum absolute atomic E-state index is 11.8. The Labute approximate surface area is 262 Å². The van der Waals surface area contributed by atoms with E-state index in [0.29, 0.717) is 21.5 Å². The molecule has 0 spiro atoms. The first-order valence-corrected chi connectivity index (χ1v) is 13.7. The van der Waals surface area contributed by atoms with Crippen LogP contribution in [0.2, 0.25) is 10.3 Å². The molecule has 40 heavy (non-hydrogen) atoms. The van der Waals surface area contributed by atoms with Gasteiger partial charge in [-0.15, -0.1) is 0 Å². The van der Waals surface area contributed by atoms with Gasteiger partial charge in [0.15, 0.2) is 22.9 Å². The fourth-order valence-electron chi connectivity index (χ4n) is 3.26. The molecule has 2 aromatic heterocycles. The van der Waals surface area contributed by atoms with Gasteiger partial charge in [-0.2, -0.15) is 0 Å². The second-order valence-corrected chi connectivity index (χ2v) is 10.9. The van der Waals surface area contributed by atoms with E-state index in [4.69, 9.17) is 33.4 Å². The van der Waals surface area contributed by atoms with E-state index in [-0.39, 0.29) is 33.2 Å². The molecule has 2 heterocycles. The van der Waals surface area contributed by atoms with Gasteiger partial charge in [-0.3, -0.25) is 19.2 Å². The van der Waals surface area contributed by atoms with Crippen molar-refractivity contribution in [3.8, 4) is 11.5 Å². The Morgan fingerprint density at radius 2 is 1.07 bits per heavy atom. The highest BCUT2D eigenvalue weighted by Crippen LogP contribution is 2.34. The maximum Gasteiger partial charge on any atom is 0.322 e. The predicted molar refractivity (Wildman–Crippen MR) is 162 cm³/mol. The molecule has 0 bridgehead atoms. The van der Waals surface area contributed by atoms with Crippen LogP contribution in [0.5, 0.6) is 11.5 Å². The summed E-state index contributed by atoms with van der Waals surface area (Å²) in [6.07, 6.45) is 0. The largest absolute Gasteiger partial charge is 0.505 e. The van der Waals surface area contributed by atoms with E-state index in [0.717, 1.165) is 7.14 Å². The molecule has 0 saturated carbocycles. The van der Waals surface area contributed by atoms with Crippen molar-refractivity contribution in [2.75, 3.05) is 13.1 Å². The number of carbonyl (C=O) groups is 4. The number of hydrogen-bond acceptors (Lipinski definition) is 8. The summed E-state index contributed by atoms with van der Waals surface area (Å²) in [5.41, 5.74) is -0.601. The number of carbonyl (C=O) groups excluding carboxylic acids is 2. The second kappa shape index (κ2) is 13.4. The number of aliphatic carboxylic acids is 2. The molecular formula is C24H16Cl2I2N4O8. The number of aromatic hydroxyl groups is 2. The van der Waals surface area contributed by atoms with Gasteiger partial charge in [-0.25, -0.2) is 9.97 Å². The zero-order valence-electron chi connectivity index (χ0n) is 19.7. The molecule has 0 aliphatic carbocycles. The average molecular weight is 813 g/mol. The van der Waals surface area contributed by atoms with Crippen LogP contribution in [0.4, 0.5) is 0 Å². The molecule has 208 valence electrons. The monoisotopic (exact) mass is 812 g/mol. The third-order valence-electron chi connectivity index (χ3n) is 5.02. The number of aromatic nitrogens is 2. The summed E-state index contributed by atoms with van der Waals surface area (Å²) in [6.45, 7) is -1.13. The number of amides is 2. The Morgan fingerprint density at radius 1 is 0.675 bits per heavy atom. The quantitative estimate of drug-likeness (QED) is 0.122. The summed E-state index contributed by atoms with van der Waals surface area (Å²) < 4.78 is 1.76. The Bertz CT molecular complexity index is 1690. The zero-order valence-corrected chi connectivity index (χ0v) is 25.5. The van der Waals surface area contributed by atoms with E-state index in [1.54, 1.807) is 36.4 Å². The summed E-state index contributed by atoms with van der Waals surface area (Å²) in [4.78, 5) is 52.0. The highest BCUT2D eigenvalue weighted by atomic mass is 127. The lowest BCUT2D eigenvalue weighted by atomic mass is 10.1. The molecule has 0 radical (unpaired) electrons. The Balaban J connectivity index is 0.000000220. The van der Waals surface area contributed by atoms with Crippen molar-refractivity contribution in [2.24, 2.45) is 0 Å². The second-order valence-electron chi connectivity index (χ2n) is 7.73. The highest BCUT2D eigenvalue weighted by molar-refractivity contribution is 14.1. The van der Waals surface area contributed by atoms with Crippen LogP contribution in [0, 0.1) is 7.14 Å². The summed E-state index contributed by atoms with van der Waals surface area (Å²) >= 11 is 16.1. The van der Waals surface area contributed by atoms with Crippen molar-refractivity contribution in [1.29, 1.82) is 0 Å². The standard InChI is InChI=1S/2C12H8ClIN2O4/c13-11-6-2-1-5(14)3-7(6)10(19)9(16-11)12(20)15-4-8(17)18;13-11-7-3-5(14)1-2-6(7)10(19)9(16-11)12(20)15-4-8(17)18/h2*1-3,19H,4H2,(H,15,20)(H,17,18). The normalized spacial score (nSPS) is 10.5. The van der Waals surface area contributed by atoms with Gasteiger partial charge in [-0.1, -0.05) is 29.3 Å². The van der Waals surface area contributed by atoms with Crippen LogP contribution >= 0.6 is 68.4 Å². The van der Waals surface area contributed by atoms with Crippen LogP contribution in [0.1, 0.15) is 21.0 Å². The molecule has 2 aromatic carbocycles. The van der Waals surface area contributed by atoms with E-state index in [9.17, 15) is 29.4 Å². The predicted octanol–water partition coefficient (Wildman–Crippen LogP) is 4.03. The fourth-order valence-corrected chi connectivity index (χ4v) is 4.73. The van der Waals surface area contributed by atoms with Gasteiger partial charge in [0.05, 0.1) is 0 Å². The molecule has 0 aliphatic heterocycles. The summed E-state index contributed by atoms with van der Waals surface area (Å²) in [5.74, 6) is -4.65. The van der Waals surface area contributed by atoms with Crippen LogP contribution in [0.15, 0.2) is 36.4 Å². The molecule has 12 nitrogen and oxygen atoms in total. The minimum Gasteiger partial charge on any atom is -0.505 e. The van der Waals surface area contributed by atoms with Crippen LogP contribution in [-0.2, 0) is 9.59 Å². The minimum atomic E-state index is -1.20. The number of halogens is 4. The van der Waals surface area contributed by atoms with Crippen LogP contribution in [0.3, 0.4) is 0 Å². The number of carboxylic acids is 2. The van der Waals surface area contributed by atoms with Crippen LogP contribution in [0.25, 0.3) is 21.5 Å². The number of rotatable bonds is 6. The first-order valence-electron chi connectivity index (χ1n) is 10.8. The van der Waals surface area contributed by atoms with Gasteiger partial charge in [0.1, 0.15) is 23.4 Å². The van der Waals surface area contributed by atoms with Gasteiger partial charge in [0, 0.05) is 28.7 Å². The lowest BCUT2D eigenvalue weighted by molar-refractivity contribution is -0.136. The topological polar surface area (TPSA) is 199 Å². The summed E-state index contributed by atoms with van der Waals surface area (Å²) in [5, 5.41) is 43.4. The first kappa shape index (κ1) is 31.3. The molecular weight excluding hydrogens is 797 g/mol. The summed E-state index contributed by atoms with van der Waals surface area (Å²) in [7, 11) is 0. The maximum atomic E-state index is 11.8. The molecule has 16 heteroatoms. The van der Waals surface area contributed by atoms with Gasteiger partial charge < -0.3 is 31.1 Å². The SMILES string of the molecule is O=C(O)CNC(=O)c1nc(Cl)c2cc(I)ccc2c1O.O=C(O)CNC(=O)c1nc(Cl)c2ccc(I)cc2c1O. The van der Waals surface area contributed by atoms with Crippen molar-refractivity contribution < 1.29 is 39.6 Å². The van der Waals surface area contributed by atoms with Crippen molar-refractivity contribution in [1.82, 2.24) is 20.6 Å². The lowest BCUT2D eigenvalue weighted by Gasteiger charge is -2.09. The third kappa shape index (κ3) is 7.49. The first-order chi connectivity index (χ1) is 18.8. The van der Waals surface area contributed by atoms with E-state index in [2.05, 4.69) is 65.8 Å². The molecule has 0 fully saturated rings. The number of hydrogen-bond donors (Lipinski definition) is 6. The molecule has 0 unspecified atom stereocenters. The molecule has 4 aromatic rings. The Kier molecular flexibility index (Phi) is 10.5. The third-order valence-corrected chi connectivity index (χ3v) is 6.94. The highest BCUT2D eigenvalue weighted by Gasteiger charge is 2.20.